The van der Waals surface area contributed by atoms with Gasteiger partial charge in [-0.2, -0.15) is 0 Å². The highest BCUT2D eigenvalue weighted by atomic mass is 35.5. The number of rotatable bonds is 7. The molecule has 7 nitrogen and oxygen atoms in total. The van der Waals surface area contributed by atoms with Gasteiger partial charge in [0.05, 0.1) is 5.69 Å². The van der Waals surface area contributed by atoms with Crippen molar-refractivity contribution in [3.05, 3.63) is 57.1 Å². The zero-order valence-corrected chi connectivity index (χ0v) is 17.5. The number of hydrogen-bond donors (Lipinski definition) is 2. The Kier molecular flexibility index (Phi) is 7.28. The average molecular weight is 419 g/mol. The standard InChI is InChI=1S/C21H27ClN4O3/c1-14-8-9-23-17(10-14)11-24-20-21(28)26(15(2)19(22)25-20)12-18(27)29-13-16-6-4-3-5-7-16/h3-7,14,17,23H,8-13H2,1-2H3,(H,24,25)/t14-,17-/m1/s1. The summed E-state index contributed by atoms with van der Waals surface area (Å²) in [6, 6.07) is 9.66. The number of benzene rings is 1. The van der Waals surface area contributed by atoms with Crippen molar-refractivity contribution in [2.75, 3.05) is 18.4 Å². The van der Waals surface area contributed by atoms with Crippen molar-refractivity contribution in [2.45, 2.75) is 45.9 Å². The Labute approximate surface area is 175 Å². The number of aromatic nitrogens is 2. The molecule has 1 aromatic heterocycles. The molecule has 2 heterocycles. The Balaban J connectivity index is 1.66. The summed E-state index contributed by atoms with van der Waals surface area (Å²) in [5, 5.41) is 6.73. The zero-order chi connectivity index (χ0) is 20.8. The second-order valence-electron chi connectivity index (χ2n) is 7.54. The van der Waals surface area contributed by atoms with Crippen molar-refractivity contribution in [2.24, 2.45) is 5.92 Å². The maximum Gasteiger partial charge on any atom is 0.326 e. The van der Waals surface area contributed by atoms with Gasteiger partial charge < -0.3 is 15.4 Å². The number of nitrogens with one attached hydrogen (secondary N) is 2. The topological polar surface area (TPSA) is 85.3 Å². The van der Waals surface area contributed by atoms with Crippen molar-refractivity contribution in [3.63, 3.8) is 0 Å². The van der Waals surface area contributed by atoms with Gasteiger partial charge in [-0.15, -0.1) is 0 Å². The molecule has 2 aromatic rings. The zero-order valence-electron chi connectivity index (χ0n) is 16.8. The van der Waals surface area contributed by atoms with Gasteiger partial charge in [0.15, 0.2) is 11.0 Å². The molecule has 0 unspecified atom stereocenters. The van der Waals surface area contributed by atoms with Gasteiger partial charge in [0, 0.05) is 12.6 Å². The Morgan fingerprint density at radius 2 is 2.14 bits per heavy atom. The molecule has 1 aliphatic heterocycles. The molecule has 8 heteroatoms. The summed E-state index contributed by atoms with van der Waals surface area (Å²) in [5.74, 6) is 0.292. The highest BCUT2D eigenvalue weighted by molar-refractivity contribution is 6.30. The molecular weight excluding hydrogens is 392 g/mol. The number of carbonyl (C=O) groups excluding carboxylic acids is 1. The minimum Gasteiger partial charge on any atom is -0.459 e. The van der Waals surface area contributed by atoms with Crippen molar-refractivity contribution < 1.29 is 9.53 Å². The molecule has 0 saturated carbocycles. The van der Waals surface area contributed by atoms with Crippen molar-refractivity contribution in [1.82, 2.24) is 14.9 Å². The van der Waals surface area contributed by atoms with Gasteiger partial charge in [0.2, 0.25) is 0 Å². The number of halogens is 1. The summed E-state index contributed by atoms with van der Waals surface area (Å²) in [6.07, 6.45) is 2.19. The van der Waals surface area contributed by atoms with Crippen LogP contribution in [0.25, 0.3) is 0 Å². The third kappa shape index (κ3) is 5.81. The number of esters is 1. The van der Waals surface area contributed by atoms with Crippen LogP contribution in [-0.4, -0.2) is 34.7 Å². The Bertz CT molecular complexity index is 901. The van der Waals surface area contributed by atoms with E-state index in [-0.39, 0.29) is 35.7 Å². The van der Waals surface area contributed by atoms with Crippen LogP contribution in [0.4, 0.5) is 5.82 Å². The fraction of sp³-hybridized carbons (Fsp3) is 0.476. The molecule has 0 radical (unpaired) electrons. The summed E-state index contributed by atoms with van der Waals surface area (Å²) >= 11 is 6.21. The summed E-state index contributed by atoms with van der Waals surface area (Å²) in [4.78, 5) is 29.3. The summed E-state index contributed by atoms with van der Waals surface area (Å²) in [7, 11) is 0. The van der Waals surface area contributed by atoms with Crippen LogP contribution in [0.2, 0.25) is 5.15 Å². The van der Waals surface area contributed by atoms with Crippen molar-refractivity contribution >= 4 is 23.4 Å². The maximum absolute atomic E-state index is 12.8. The Hall–Kier alpha value is -2.38. The van der Waals surface area contributed by atoms with E-state index in [0.29, 0.717) is 18.2 Å². The lowest BCUT2D eigenvalue weighted by Crippen LogP contribution is -2.42. The van der Waals surface area contributed by atoms with Gasteiger partial charge in [-0.05, 0) is 37.8 Å². The van der Waals surface area contributed by atoms with Gasteiger partial charge in [-0.25, -0.2) is 4.98 Å². The fourth-order valence-corrected chi connectivity index (χ4v) is 3.62. The van der Waals surface area contributed by atoms with Crippen LogP contribution in [0.15, 0.2) is 35.1 Å². The molecule has 0 spiro atoms. The number of carbonyl (C=O) groups is 1. The minimum absolute atomic E-state index is 0.150. The van der Waals surface area contributed by atoms with Crippen LogP contribution in [0.1, 0.15) is 31.0 Å². The molecule has 1 aliphatic rings. The lowest BCUT2D eigenvalue weighted by molar-refractivity contribution is -0.145. The van der Waals surface area contributed by atoms with Crippen molar-refractivity contribution in [3.8, 4) is 0 Å². The van der Waals surface area contributed by atoms with E-state index in [1.165, 1.54) is 4.57 Å². The second kappa shape index (κ2) is 9.89. The molecule has 0 amide bonds. The molecule has 1 aromatic carbocycles. The quantitative estimate of drug-likeness (QED) is 0.672. The van der Waals surface area contributed by atoms with Crippen molar-refractivity contribution in [1.29, 1.82) is 0 Å². The van der Waals surface area contributed by atoms with Crippen LogP contribution in [0, 0.1) is 12.8 Å². The number of ether oxygens (including phenoxy) is 1. The highest BCUT2D eigenvalue weighted by Crippen LogP contribution is 2.16. The van der Waals surface area contributed by atoms with E-state index < -0.39 is 5.97 Å². The summed E-state index contributed by atoms with van der Waals surface area (Å²) in [5.41, 5.74) is 0.935. The smallest absolute Gasteiger partial charge is 0.326 e. The fourth-order valence-electron chi connectivity index (χ4n) is 3.43. The summed E-state index contributed by atoms with van der Waals surface area (Å²) < 4.78 is 6.60. The van der Waals surface area contributed by atoms with Crippen LogP contribution >= 0.6 is 11.6 Å². The second-order valence-corrected chi connectivity index (χ2v) is 7.89. The van der Waals surface area contributed by atoms with Gasteiger partial charge >= 0.3 is 5.97 Å². The lowest BCUT2D eigenvalue weighted by atomic mass is 9.94. The molecule has 3 rings (SSSR count). The first-order valence-electron chi connectivity index (χ1n) is 9.87. The molecule has 2 N–H and O–H groups in total. The normalized spacial score (nSPS) is 19.0. The first-order valence-corrected chi connectivity index (χ1v) is 10.3. The molecule has 1 saturated heterocycles. The maximum atomic E-state index is 12.8. The predicted octanol–water partition coefficient (Wildman–Crippen LogP) is 2.75. The molecule has 1 fully saturated rings. The van der Waals surface area contributed by atoms with Gasteiger partial charge in [0.1, 0.15) is 13.2 Å². The molecule has 2 atom stereocenters. The lowest BCUT2D eigenvalue weighted by Gasteiger charge is -2.28. The predicted molar refractivity (Wildman–Crippen MR) is 113 cm³/mol. The van der Waals surface area contributed by atoms with Gasteiger partial charge in [-0.1, -0.05) is 48.9 Å². The number of piperidine rings is 1. The van der Waals surface area contributed by atoms with E-state index in [0.717, 1.165) is 24.9 Å². The van der Waals surface area contributed by atoms with Crippen LogP contribution in [-0.2, 0) is 22.7 Å². The van der Waals surface area contributed by atoms with E-state index in [1.807, 2.05) is 30.3 Å². The monoisotopic (exact) mass is 418 g/mol. The van der Waals surface area contributed by atoms with E-state index >= 15 is 0 Å². The Morgan fingerprint density at radius 3 is 2.86 bits per heavy atom. The molecule has 29 heavy (non-hydrogen) atoms. The van der Waals surface area contributed by atoms with E-state index in [4.69, 9.17) is 16.3 Å². The third-order valence-electron chi connectivity index (χ3n) is 5.16. The number of anilines is 1. The molecule has 156 valence electrons. The SMILES string of the molecule is Cc1c(Cl)nc(NC[C@H]2C[C@H](C)CCN2)c(=O)n1CC(=O)OCc1ccccc1. The largest absolute Gasteiger partial charge is 0.459 e. The minimum atomic E-state index is -0.505. The molecular formula is C21H27ClN4O3. The third-order valence-corrected chi connectivity index (χ3v) is 5.52. The molecule has 0 bridgehead atoms. The summed E-state index contributed by atoms with van der Waals surface area (Å²) in [6.45, 7) is 5.37. The van der Waals surface area contributed by atoms with Gasteiger partial charge in [-0.3, -0.25) is 14.2 Å². The Morgan fingerprint density at radius 1 is 1.38 bits per heavy atom. The number of nitrogens with zero attached hydrogens (tertiary/aromatic N) is 2. The van der Waals surface area contributed by atoms with E-state index in [1.54, 1.807) is 6.92 Å². The van der Waals surface area contributed by atoms with Crippen LogP contribution in [0.3, 0.4) is 0 Å². The number of hydrogen-bond acceptors (Lipinski definition) is 6. The first-order chi connectivity index (χ1) is 13.9. The van der Waals surface area contributed by atoms with E-state index in [2.05, 4.69) is 22.5 Å². The van der Waals surface area contributed by atoms with Crippen LogP contribution < -0.4 is 16.2 Å². The van der Waals surface area contributed by atoms with Crippen LogP contribution in [0.5, 0.6) is 0 Å². The first kappa shape index (κ1) is 21.3. The van der Waals surface area contributed by atoms with Gasteiger partial charge in [0.25, 0.3) is 5.56 Å². The average Bonchev–Trinajstić information content (AvgIpc) is 2.72. The molecule has 0 aliphatic carbocycles. The van der Waals surface area contributed by atoms with E-state index in [9.17, 15) is 9.59 Å². The highest BCUT2D eigenvalue weighted by Gasteiger charge is 2.20.